The monoisotopic (exact) mass is 329 g/mol. The van der Waals surface area contributed by atoms with E-state index >= 15 is 0 Å². The molecule has 0 saturated heterocycles. The second-order valence-electron chi connectivity index (χ2n) is 7.96. The molecule has 0 heterocycles. The number of hydrazone groups is 1. The molecule has 0 aromatic heterocycles. The number of carbonyl (C=O) groups excluding carboxylic acids is 1. The molecule has 2 bridgehead atoms. The summed E-state index contributed by atoms with van der Waals surface area (Å²) in [7, 11) is 1.63. The van der Waals surface area contributed by atoms with Crippen molar-refractivity contribution in [3.8, 4) is 5.75 Å². The van der Waals surface area contributed by atoms with Gasteiger partial charge in [-0.05, 0) is 65.8 Å². The second kappa shape index (κ2) is 6.11. The molecule has 1 aromatic carbocycles. The zero-order chi connectivity index (χ0) is 17.4. The molecule has 130 valence electrons. The van der Waals surface area contributed by atoms with Crippen LogP contribution >= 0.6 is 0 Å². The smallest absolute Gasteiger partial charge is 0.335 e. The van der Waals surface area contributed by atoms with Crippen LogP contribution in [0.2, 0.25) is 0 Å². The van der Waals surface area contributed by atoms with Gasteiger partial charge in [0.25, 0.3) is 0 Å². The minimum absolute atomic E-state index is 0.143. The minimum atomic E-state index is -0.230. The van der Waals surface area contributed by atoms with Crippen LogP contribution in [0.25, 0.3) is 0 Å². The molecule has 1 aromatic rings. The summed E-state index contributed by atoms with van der Waals surface area (Å²) < 4.78 is 5.12. The molecule has 24 heavy (non-hydrogen) atoms. The fraction of sp³-hybridized carbons (Fsp3) is 0.579. The number of rotatable bonds is 4. The van der Waals surface area contributed by atoms with Crippen molar-refractivity contribution in [2.45, 2.75) is 46.1 Å². The van der Waals surface area contributed by atoms with Crippen LogP contribution in [-0.4, -0.2) is 25.4 Å². The van der Waals surface area contributed by atoms with E-state index in [1.54, 1.807) is 13.3 Å². The Morgan fingerprint density at radius 1 is 1.29 bits per heavy atom. The Kier molecular flexibility index (Phi) is 4.28. The van der Waals surface area contributed by atoms with Gasteiger partial charge in [0.2, 0.25) is 0 Å². The summed E-state index contributed by atoms with van der Waals surface area (Å²) in [6.45, 7) is 6.84. The molecule has 0 radical (unpaired) electrons. The van der Waals surface area contributed by atoms with Gasteiger partial charge in [-0.15, -0.1) is 0 Å². The number of methoxy groups -OCH3 is 1. The van der Waals surface area contributed by atoms with E-state index in [0.29, 0.717) is 5.92 Å². The molecule has 5 heteroatoms. The number of nitrogens with one attached hydrogen (secondary N) is 2. The molecule has 2 aliphatic carbocycles. The zero-order valence-corrected chi connectivity index (χ0v) is 14.9. The SMILES string of the molecule is COc1ccc(/C=N/NC(=O)N[C@H]2C(C)(C)[C@H]3CC[C@]2(C)C3)cc1. The molecule has 2 fully saturated rings. The molecule has 5 nitrogen and oxygen atoms in total. The molecule has 3 rings (SSSR count). The molecule has 2 N–H and O–H groups in total. The third-order valence-corrected chi connectivity index (χ3v) is 6.04. The van der Waals surface area contributed by atoms with E-state index in [-0.39, 0.29) is 22.9 Å². The van der Waals surface area contributed by atoms with Crippen molar-refractivity contribution in [3.63, 3.8) is 0 Å². The van der Waals surface area contributed by atoms with Gasteiger partial charge in [0.05, 0.1) is 13.3 Å². The van der Waals surface area contributed by atoms with Crippen molar-refractivity contribution in [1.29, 1.82) is 0 Å². The third kappa shape index (κ3) is 2.99. The Balaban J connectivity index is 1.57. The topological polar surface area (TPSA) is 62.7 Å². The molecular formula is C19H27N3O2. The molecule has 2 aliphatic rings. The number of urea groups is 1. The maximum absolute atomic E-state index is 12.2. The number of carbonyl (C=O) groups is 1. The standard InChI is InChI=1S/C19H27N3O2/c1-18(2)14-9-10-19(3,11-14)16(18)21-17(23)22-20-12-13-5-7-15(24-4)8-6-13/h5-8,12,14,16H,9-11H2,1-4H3,(H2,21,22,23)/b20-12+/t14-,16-,19+/m0/s1. The van der Waals surface area contributed by atoms with Gasteiger partial charge in [-0.3, -0.25) is 0 Å². The lowest BCUT2D eigenvalue weighted by molar-refractivity contribution is 0.114. The molecule has 0 spiro atoms. The summed E-state index contributed by atoms with van der Waals surface area (Å²) in [5.74, 6) is 1.50. The number of hydrogen-bond acceptors (Lipinski definition) is 3. The fourth-order valence-electron chi connectivity index (χ4n) is 4.68. The first-order chi connectivity index (χ1) is 11.3. The lowest BCUT2D eigenvalue weighted by Crippen LogP contribution is -2.54. The Hall–Kier alpha value is -2.04. The van der Waals surface area contributed by atoms with Crippen molar-refractivity contribution in [2.75, 3.05) is 7.11 Å². The van der Waals surface area contributed by atoms with Gasteiger partial charge in [0, 0.05) is 6.04 Å². The van der Waals surface area contributed by atoms with E-state index in [0.717, 1.165) is 11.3 Å². The Bertz CT molecular complexity index is 634. The van der Waals surface area contributed by atoms with E-state index in [4.69, 9.17) is 4.74 Å². The van der Waals surface area contributed by atoms with Gasteiger partial charge >= 0.3 is 6.03 Å². The summed E-state index contributed by atoms with van der Waals surface area (Å²) in [5.41, 5.74) is 3.85. The van der Waals surface area contributed by atoms with Crippen LogP contribution in [0.4, 0.5) is 4.79 Å². The highest BCUT2D eigenvalue weighted by molar-refractivity contribution is 5.82. The minimum Gasteiger partial charge on any atom is -0.497 e. The van der Waals surface area contributed by atoms with Crippen LogP contribution < -0.4 is 15.5 Å². The van der Waals surface area contributed by atoms with Crippen LogP contribution in [0, 0.1) is 16.7 Å². The Labute approximate surface area is 143 Å². The van der Waals surface area contributed by atoms with Gasteiger partial charge < -0.3 is 10.1 Å². The lowest BCUT2D eigenvalue weighted by Gasteiger charge is -2.42. The number of ether oxygens (including phenoxy) is 1. The molecule has 2 saturated carbocycles. The van der Waals surface area contributed by atoms with E-state index in [1.165, 1.54) is 19.3 Å². The molecule has 0 aliphatic heterocycles. The predicted molar refractivity (Wildman–Crippen MR) is 95.3 cm³/mol. The van der Waals surface area contributed by atoms with Crippen molar-refractivity contribution in [1.82, 2.24) is 10.7 Å². The lowest BCUT2D eigenvalue weighted by atomic mass is 9.68. The van der Waals surface area contributed by atoms with Gasteiger partial charge in [-0.1, -0.05) is 20.8 Å². The molecule has 2 amide bonds. The second-order valence-corrected chi connectivity index (χ2v) is 7.96. The summed E-state index contributed by atoms with van der Waals surface area (Å²) in [4.78, 5) is 12.2. The van der Waals surface area contributed by atoms with Crippen molar-refractivity contribution in [3.05, 3.63) is 29.8 Å². The maximum Gasteiger partial charge on any atom is 0.335 e. The largest absolute Gasteiger partial charge is 0.497 e. The van der Waals surface area contributed by atoms with Gasteiger partial charge in [-0.25, -0.2) is 10.2 Å². The first kappa shape index (κ1) is 16.8. The molecule has 0 unspecified atom stereocenters. The Morgan fingerprint density at radius 2 is 2.00 bits per heavy atom. The van der Waals surface area contributed by atoms with Crippen molar-refractivity contribution in [2.24, 2.45) is 21.8 Å². The first-order valence-electron chi connectivity index (χ1n) is 8.59. The van der Waals surface area contributed by atoms with Gasteiger partial charge in [-0.2, -0.15) is 5.10 Å². The van der Waals surface area contributed by atoms with E-state index < -0.39 is 0 Å². The van der Waals surface area contributed by atoms with Crippen LogP contribution in [0.15, 0.2) is 29.4 Å². The van der Waals surface area contributed by atoms with Crippen molar-refractivity contribution >= 4 is 12.2 Å². The number of hydrogen-bond donors (Lipinski definition) is 2. The van der Waals surface area contributed by atoms with Crippen LogP contribution in [-0.2, 0) is 0 Å². The van der Waals surface area contributed by atoms with Crippen molar-refractivity contribution < 1.29 is 9.53 Å². The molecule has 3 atom stereocenters. The highest BCUT2D eigenvalue weighted by atomic mass is 16.5. The zero-order valence-electron chi connectivity index (χ0n) is 14.9. The van der Waals surface area contributed by atoms with Crippen LogP contribution in [0.3, 0.4) is 0 Å². The summed E-state index contributed by atoms with van der Waals surface area (Å²) >= 11 is 0. The van der Waals surface area contributed by atoms with Gasteiger partial charge in [0.15, 0.2) is 0 Å². The van der Waals surface area contributed by atoms with Gasteiger partial charge in [0.1, 0.15) is 5.75 Å². The normalized spacial score (nSPS) is 30.5. The number of nitrogens with zero attached hydrogens (tertiary/aromatic N) is 1. The Morgan fingerprint density at radius 3 is 2.58 bits per heavy atom. The highest BCUT2D eigenvalue weighted by Gasteiger charge is 2.59. The van der Waals surface area contributed by atoms with E-state index in [2.05, 4.69) is 36.6 Å². The molecular weight excluding hydrogens is 302 g/mol. The average Bonchev–Trinajstić information content (AvgIpc) is 3.03. The maximum atomic E-state index is 12.2. The fourth-order valence-corrected chi connectivity index (χ4v) is 4.68. The average molecular weight is 329 g/mol. The quantitative estimate of drug-likeness (QED) is 0.655. The number of benzene rings is 1. The highest BCUT2D eigenvalue weighted by Crippen LogP contribution is 2.62. The summed E-state index contributed by atoms with van der Waals surface area (Å²) in [5, 5.41) is 7.21. The van der Waals surface area contributed by atoms with E-state index in [9.17, 15) is 4.79 Å². The number of fused-ring (bicyclic) bond motifs is 2. The first-order valence-corrected chi connectivity index (χ1v) is 8.59. The summed E-state index contributed by atoms with van der Waals surface area (Å²) in [6, 6.07) is 7.47. The number of amides is 2. The van der Waals surface area contributed by atoms with Crippen LogP contribution in [0.1, 0.15) is 45.6 Å². The predicted octanol–water partition coefficient (Wildman–Crippen LogP) is 3.54. The van der Waals surface area contributed by atoms with E-state index in [1.807, 2.05) is 24.3 Å². The van der Waals surface area contributed by atoms with Crippen LogP contribution in [0.5, 0.6) is 5.75 Å². The third-order valence-electron chi connectivity index (χ3n) is 6.04. The summed E-state index contributed by atoms with van der Waals surface area (Å²) in [6.07, 6.45) is 5.31.